The molecule has 12 heteroatoms. The van der Waals surface area contributed by atoms with Gasteiger partial charge >= 0.3 is 0 Å². The van der Waals surface area contributed by atoms with E-state index in [4.69, 9.17) is 5.10 Å². The van der Waals surface area contributed by atoms with Crippen molar-refractivity contribution >= 4 is 53.5 Å². The Morgan fingerprint density at radius 3 is 1.41 bits per heavy atom. The average Bonchev–Trinajstić information content (AvgIpc) is 3.51. The third kappa shape index (κ3) is 15.1. The summed E-state index contributed by atoms with van der Waals surface area (Å²) in [6.07, 6.45) is 7.30. The number of hydrogen-bond donors (Lipinski definition) is 1. The van der Waals surface area contributed by atoms with Crippen LogP contribution in [0.5, 0.6) is 0 Å². The van der Waals surface area contributed by atoms with Gasteiger partial charge in [-0.05, 0) is 155 Å². The molecule has 1 heterocycles. The second-order valence-corrected chi connectivity index (χ2v) is 20.3. The molecule has 0 saturated carbocycles. The van der Waals surface area contributed by atoms with Crippen molar-refractivity contribution in [3.8, 4) is 0 Å². The van der Waals surface area contributed by atoms with Crippen molar-refractivity contribution in [2.45, 2.75) is 79.6 Å². The van der Waals surface area contributed by atoms with Crippen LogP contribution in [-0.2, 0) is 0 Å². The number of benzene rings is 7. The Kier molecular flexibility index (Phi) is 21.0. The zero-order valence-corrected chi connectivity index (χ0v) is 48.2. The van der Waals surface area contributed by atoms with Crippen LogP contribution < -0.4 is 25.0 Å². The highest BCUT2D eigenvalue weighted by Crippen LogP contribution is 2.34. The molecule has 1 saturated heterocycles. The molecule has 7 aromatic rings. The van der Waals surface area contributed by atoms with E-state index in [1.165, 1.54) is 28.1 Å². The lowest BCUT2D eigenvalue weighted by atomic mass is 9.93. The van der Waals surface area contributed by atoms with Gasteiger partial charge in [0, 0.05) is 99.3 Å². The first-order valence-electron chi connectivity index (χ1n) is 28.7. The summed E-state index contributed by atoms with van der Waals surface area (Å²) in [6.45, 7) is 26.1. The van der Waals surface area contributed by atoms with Gasteiger partial charge in [-0.15, -0.1) is 0 Å². The predicted molar refractivity (Wildman–Crippen MR) is 338 cm³/mol. The van der Waals surface area contributed by atoms with Crippen LogP contribution in [0.25, 0.3) is 0 Å². The molecule has 0 bridgehead atoms. The smallest absolute Gasteiger partial charge is 0.271 e. The van der Waals surface area contributed by atoms with Gasteiger partial charge in [0.1, 0.15) is 0 Å². The highest BCUT2D eigenvalue weighted by molar-refractivity contribution is 5.95. The first-order valence-corrected chi connectivity index (χ1v) is 28.7. The molecule has 7 aromatic carbocycles. The number of anilines is 4. The van der Waals surface area contributed by atoms with E-state index in [0.29, 0.717) is 5.56 Å². The minimum absolute atomic E-state index is 0.139. The molecule has 1 fully saturated rings. The summed E-state index contributed by atoms with van der Waals surface area (Å²) in [7, 11) is 0. The predicted octanol–water partition coefficient (Wildman–Crippen LogP) is 13.2. The van der Waals surface area contributed by atoms with E-state index in [0.717, 1.165) is 92.5 Å². The number of hydrazone groups is 2. The number of amides is 1. The molecule has 12 nitrogen and oxygen atoms in total. The summed E-state index contributed by atoms with van der Waals surface area (Å²) in [5.74, 6) is -0.237. The Hall–Kier alpha value is -8.35. The van der Waals surface area contributed by atoms with E-state index in [-0.39, 0.29) is 30.1 Å². The van der Waals surface area contributed by atoms with E-state index in [9.17, 15) is 4.79 Å². The summed E-state index contributed by atoms with van der Waals surface area (Å²) >= 11 is 0. The van der Waals surface area contributed by atoms with E-state index in [2.05, 4.69) is 245 Å². The fourth-order valence-corrected chi connectivity index (χ4v) is 10.9. The summed E-state index contributed by atoms with van der Waals surface area (Å²) in [5, 5.41) is 20.2. The van der Waals surface area contributed by atoms with Gasteiger partial charge in [-0.25, -0.2) is 5.43 Å². The van der Waals surface area contributed by atoms with Crippen molar-refractivity contribution in [1.82, 2.24) is 15.3 Å². The minimum atomic E-state index is -0.237. The fourth-order valence-electron chi connectivity index (χ4n) is 10.9. The fraction of sp³-hybridized carbons (Fsp3) is 0.309. The minimum Gasteiger partial charge on any atom is -0.372 e. The van der Waals surface area contributed by atoms with Crippen LogP contribution in [0.3, 0.4) is 0 Å². The number of likely N-dealkylation sites (N-methyl/N-ethyl adjacent to an activating group) is 2. The van der Waals surface area contributed by atoms with Gasteiger partial charge in [-0.2, -0.15) is 20.4 Å². The van der Waals surface area contributed by atoms with Crippen LogP contribution in [0.4, 0.5) is 22.7 Å². The maximum atomic E-state index is 12.4. The van der Waals surface area contributed by atoms with Crippen LogP contribution in [0.15, 0.2) is 202 Å². The molecule has 4 atom stereocenters. The maximum Gasteiger partial charge on any atom is 0.271 e. The lowest BCUT2D eigenvalue weighted by Crippen LogP contribution is -2.49. The van der Waals surface area contributed by atoms with Crippen molar-refractivity contribution < 1.29 is 4.79 Å². The second kappa shape index (κ2) is 29.0. The van der Waals surface area contributed by atoms with Crippen molar-refractivity contribution in [3.63, 3.8) is 0 Å². The van der Waals surface area contributed by atoms with Gasteiger partial charge in [0.05, 0.1) is 36.9 Å². The number of piperazine rings is 1. The quantitative estimate of drug-likeness (QED) is 0.0450. The summed E-state index contributed by atoms with van der Waals surface area (Å²) in [4.78, 5) is 24.7. The van der Waals surface area contributed by atoms with Crippen molar-refractivity contribution in [2.24, 2.45) is 20.4 Å². The Balaban J connectivity index is 0.843. The molecule has 8 rings (SSSR count). The van der Waals surface area contributed by atoms with E-state index in [1.807, 2.05) is 49.0 Å². The molecular weight excluding hydrogens is 987 g/mol. The summed E-state index contributed by atoms with van der Waals surface area (Å²) in [5.41, 5.74) is 15.8. The highest BCUT2D eigenvalue weighted by atomic mass is 16.2. The number of carbonyl (C=O) groups is 1. The molecule has 414 valence electrons. The summed E-state index contributed by atoms with van der Waals surface area (Å²) < 4.78 is 0. The standard InChI is InChI=1S/C68H81N11O/c1-9-74(10-2)63-35-27-58(28-36-63)51-72-76-45-43-75(44-46-76)67(59-21-16-14-17-22-59)62-26-20-25-61(47-62)54(8)79(13-5)66-41-31-56(32-42-66)49-70-69-48-55-29-37-64(38-30-55)77(11-3)52(6)53(7)78(12-4)65-39-33-57(34-40-65)50-71-73-68(80)60-23-18-15-19-24-60/h14-42,47-54,67H,9-13,43-46H2,1-8H3,(H,73,80)/b69-48+,70-49+,71-50+,72-51+. The van der Waals surface area contributed by atoms with Crippen molar-refractivity contribution in [1.29, 1.82) is 0 Å². The Morgan fingerprint density at radius 2 is 0.912 bits per heavy atom. The van der Waals surface area contributed by atoms with Gasteiger partial charge in [-0.1, -0.05) is 121 Å². The zero-order chi connectivity index (χ0) is 56.2. The van der Waals surface area contributed by atoms with Gasteiger partial charge in [0.15, 0.2) is 0 Å². The molecule has 4 unspecified atom stereocenters. The highest BCUT2D eigenvalue weighted by Gasteiger charge is 2.28. The van der Waals surface area contributed by atoms with Gasteiger partial charge in [-0.3, -0.25) is 14.7 Å². The third-order valence-corrected chi connectivity index (χ3v) is 15.6. The monoisotopic (exact) mass is 1070 g/mol. The first kappa shape index (κ1) is 57.8. The lowest BCUT2D eigenvalue weighted by Gasteiger charge is -2.40. The van der Waals surface area contributed by atoms with Gasteiger partial charge < -0.3 is 19.6 Å². The van der Waals surface area contributed by atoms with Gasteiger partial charge in [0.2, 0.25) is 0 Å². The molecule has 0 radical (unpaired) electrons. The molecule has 0 spiro atoms. The number of rotatable bonds is 25. The topological polar surface area (TPSA) is 98.0 Å². The Morgan fingerprint density at radius 1 is 0.475 bits per heavy atom. The molecule has 0 aliphatic carbocycles. The van der Waals surface area contributed by atoms with Crippen LogP contribution in [0, 0.1) is 0 Å². The van der Waals surface area contributed by atoms with E-state index >= 15 is 0 Å². The van der Waals surface area contributed by atoms with Crippen LogP contribution in [0.2, 0.25) is 0 Å². The Labute approximate surface area is 476 Å². The van der Waals surface area contributed by atoms with Crippen LogP contribution in [0.1, 0.15) is 117 Å². The SMILES string of the molecule is CCN(CC)c1ccc(/C=N/N2CCN(C(c3ccccc3)c3cccc(C(C)N(CC)c4ccc(/C=N/N=C/c5ccc(N(CC)C(C)C(C)N(CC)c6ccc(/C=N/NC(=O)c7ccccc7)cc6)cc5)cc4)c3)CC2)cc1. The molecule has 1 aliphatic rings. The molecule has 1 N–H and O–H groups in total. The molecule has 0 aromatic heterocycles. The summed E-state index contributed by atoms with van der Waals surface area (Å²) in [6, 6.07) is 64.2. The maximum absolute atomic E-state index is 12.4. The van der Waals surface area contributed by atoms with Crippen LogP contribution in [-0.4, -0.2) is 112 Å². The van der Waals surface area contributed by atoms with Crippen molar-refractivity contribution in [3.05, 3.63) is 226 Å². The largest absolute Gasteiger partial charge is 0.372 e. The van der Waals surface area contributed by atoms with Crippen LogP contribution >= 0.6 is 0 Å². The number of hydrogen-bond acceptors (Lipinski definition) is 11. The first-order chi connectivity index (χ1) is 39.1. The molecule has 1 aliphatic heterocycles. The Bertz CT molecular complexity index is 3100. The average molecular weight is 1070 g/mol. The third-order valence-electron chi connectivity index (χ3n) is 15.6. The van der Waals surface area contributed by atoms with Crippen molar-refractivity contribution in [2.75, 3.05) is 78.5 Å². The normalized spacial score (nSPS) is 14.6. The van der Waals surface area contributed by atoms with E-state index in [1.54, 1.807) is 18.3 Å². The molecule has 1 amide bonds. The second-order valence-electron chi connectivity index (χ2n) is 20.3. The van der Waals surface area contributed by atoms with Gasteiger partial charge in [0.25, 0.3) is 5.91 Å². The van der Waals surface area contributed by atoms with E-state index < -0.39 is 0 Å². The molecular formula is C68H81N11O. The zero-order valence-electron chi connectivity index (χ0n) is 48.2. The number of nitrogens with zero attached hydrogens (tertiary/aromatic N) is 10. The molecule has 80 heavy (non-hydrogen) atoms. The number of nitrogens with one attached hydrogen (secondary N) is 1. The number of carbonyl (C=O) groups excluding carboxylic acids is 1. The lowest BCUT2D eigenvalue weighted by molar-refractivity contribution is 0.0955.